The molecule has 118 valence electrons. The Hall–Kier alpha value is -0.380. The van der Waals surface area contributed by atoms with E-state index in [1.807, 2.05) is 13.8 Å². The summed E-state index contributed by atoms with van der Waals surface area (Å²) >= 11 is 12.6. The van der Waals surface area contributed by atoms with Gasteiger partial charge in [0, 0.05) is 12.2 Å². The minimum Gasteiger partial charge on any atom is -0.367 e. The number of nitrogens with zero attached hydrogens (tertiary/aromatic N) is 2. The number of halogens is 2. The van der Waals surface area contributed by atoms with Crippen molar-refractivity contribution in [2.24, 2.45) is 5.41 Å². The van der Waals surface area contributed by atoms with E-state index in [0.29, 0.717) is 28.2 Å². The molecule has 0 unspecified atom stereocenters. The SMILES string of the molecule is CCOC1(c2nc(Cl)c(CC)c(Cl)n2)CCC(C)(C)CC1. The van der Waals surface area contributed by atoms with Gasteiger partial charge in [0.1, 0.15) is 15.9 Å². The predicted octanol–water partition coefficient (Wildman–Crippen LogP) is 5.18. The van der Waals surface area contributed by atoms with Crippen LogP contribution in [0.5, 0.6) is 0 Å². The maximum absolute atomic E-state index is 6.28. The molecule has 2 rings (SSSR count). The zero-order chi connectivity index (χ0) is 15.7. The Labute approximate surface area is 137 Å². The van der Waals surface area contributed by atoms with Crippen molar-refractivity contribution in [1.82, 2.24) is 9.97 Å². The van der Waals surface area contributed by atoms with Gasteiger partial charge in [-0.3, -0.25) is 0 Å². The van der Waals surface area contributed by atoms with Crippen LogP contribution in [0.3, 0.4) is 0 Å². The van der Waals surface area contributed by atoms with Gasteiger partial charge in [-0.25, -0.2) is 9.97 Å². The lowest BCUT2D eigenvalue weighted by molar-refractivity contribution is -0.0948. The van der Waals surface area contributed by atoms with E-state index < -0.39 is 5.60 Å². The molecular weight excluding hydrogens is 307 g/mol. The number of hydrogen-bond acceptors (Lipinski definition) is 3. The van der Waals surface area contributed by atoms with Crippen molar-refractivity contribution in [3.8, 4) is 0 Å². The fourth-order valence-electron chi connectivity index (χ4n) is 2.97. The van der Waals surface area contributed by atoms with Crippen molar-refractivity contribution in [3.63, 3.8) is 0 Å². The third-order valence-corrected chi connectivity index (χ3v) is 5.12. The van der Waals surface area contributed by atoms with Gasteiger partial charge < -0.3 is 4.74 Å². The Kier molecular flexibility index (Phi) is 5.17. The zero-order valence-electron chi connectivity index (χ0n) is 13.3. The summed E-state index contributed by atoms with van der Waals surface area (Å²) in [5.41, 5.74) is 0.714. The van der Waals surface area contributed by atoms with Crippen molar-refractivity contribution < 1.29 is 4.74 Å². The van der Waals surface area contributed by atoms with Crippen LogP contribution in [0, 0.1) is 5.41 Å². The van der Waals surface area contributed by atoms with Crippen LogP contribution in [0.1, 0.15) is 64.8 Å². The molecule has 1 heterocycles. The molecule has 21 heavy (non-hydrogen) atoms. The van der Waals surface area contributed by atoms with E-state index in [2.05, 4.69) is 23.8 Å². The molecule has 5 heteroatoms. The normalized spacial score (nSPS) is 20.5. The van der Waals surface area contributed by atoms with E-state index in [9.17, 15) is 0 Å². The fourth-order valence-corrected chi connectivity index (χ4v) is 3.62. The summed E-state index contributed by atoms with van der Waals surface area (Å²) in [5.74, 6) is 0.645. The van der Waals surface area contributed by atoms with Gasteiger partial charge >= 0.3 is 0 Å². The molecule has 1 aliphatic carbocycles. The Balaban J connectivity index is 2.40. The summed E-state index contributed by atoms with van der Waals surface area (Å²) in [7, 11) is 0. The molecule has 1 saturated carbocycles. The maximum Gasteiger partial charge on any atom is 0.163 e. The van der Waals surface area contributed by atoms with Crippen LogP contribution < -0.4 is 0 Å². The summed E-state index contributed by atoms with van der Waals surface area (Å²) in [4.78, 5) is 9.02. The van der Waals surface area contributed by atoms with Gasteiger partial charge in [0.15, 0.2) is 5.82 Å². The van der Waals surface area contributed by atoms with E-state index in [-0.39, 0.29) is 0 Å². The predicted molar refractivity (Wildman–Crippen MR) is 87.0 cm³/mol. The zero-order valence-corrected chi connectivity index (χ0v) is 14.8. The summed E-state index contributed by atoms with van der Waals surface area (Å²) in [6, 6.07) is 0. The monoisotopic (exact) mass is 330 g/mol. The highest BCUT2D eigenvalue weighted by molar-refractivity contribution is 6.34. The average molecular weight is 331 g/mol. The first-order valence-electron chi connectivity index (χ1n) is 7.70. The molecule has 0 amide bonds. The lowest BCUT2D eigenvalue weighted by Gasteiger charge is -2.42. The van der Waals surface area contributed by atoms with Crippen LogP contribution in [0.25, 0.3) is 0 Å². The summed E-state index contributed by atoms with van der Waals surface area (Å²) in [6.07, 6.45) is 4.72. The second kappa shape index (κ2) is 6.39. The molecule has 1 aromatic rings. The average Bonchev–Trinajstić information content (AvgIpc) is 2.41. The Bertz CT molecular complexity index is 484. The van der Waals surface area contributed by atoms with E-state index >= 15 is 0 Å². The Morgan fingerprint density at radius 2 is 1.52 bits per heavy atom. The highest BCUT2D eigenvalue weighted by Gasteiger charge is 2.43. The Morgan fingerprint density at radius 1 is 1.00 bits per heavy atom. The van der Waals surface area contributed by atoms with E-state index in [4.69, 9.17) is 27.9 Å². The van der Waals surface area contributed by atoms with Gasteiger partial charge in [0.25, 0.3) is 0 Å². The lowest BCUT2D eigenvalue weighted by atomic mass is 9.70. The minimum atomic E-state index is -0.441. The van der Waals surface area contributed by atoms with Crippen LogP contribution in [0.15, 0.2) is 0 Å². The molecule has 0 spiro atoms. The second-order valence-corrected chi connectivity index (χ2v) is 7.27. The van der Waals surface area contributed by atoms with E-state index in [0.717, 1.165) is 37.7 Å². The smallest absolute Gasteiger partial charge is 0.163 e. The largest absolute Gasteiger partial charge is 0.367 e. The molecule has 0 saturated heterocycles. The molecule has 0 atom stereocenters. The van der Waals surface area contributed by atoms with Crippen LogP contribution >= 0.6 is 23.2 Å². The number of hydrogen-bond donors (Lipinski definition) is 0. The first-order chi connectivity index (χ1) is 9.83. The fraction of sp³-hybridized carbons (Fsp3) is 0.750. The van der Waals surface area contributed by atoms with Crippen molar-refractivity contribution in [2.45, 2.75) is 65.4 Å². The van der Waals surface area contributed by atoms with Gasteiger partial charge in [-0.05, 0) is 44.4 Å². The van der Waals surface area contributed by atoms with Crippen molar-refractivity contribution in [2.75, 3.05) is 6.61 Å². The molecule has 0 radical (unpaired) electrons. The molecule has 0 aromatic carbocycles. The summed E-state index contributed by atoms with van der Waals surface area (Å²) in [6.45, 7) is 9.23. The van der Waals surface area contributed by atoms with Gasteiger partial charge in [0.05, 0.1) is 0 Å². The highest BCUT2D eigenvalue weighted by atomic mass is 35.5. The van der Waals surface area contributed by atoms with Crippen LogP contribution in [0.2, 0.25) is 10.3 Å². The highest BCUT2D eigenvalue weighted by Crippen LogP contribution is 2.47. The molecule has 0 N–H and O–H groups in total. The standard InChI is InChI=1S/C16H24Cl2N2O/c1-5-11-12(17)19-14(20-13(11)18)16(21-6-2)9-7-15(3,4)8-10-16/h5-10H2,1-4H3. The quantitative estimate of drug-likeness (QED) is 0.713. The third kappa shape index (κ3) is 3.52. The maximum atomic E-state index is 6.28. The number of ether oxygens (including phenoxy) is 1. The van der Waals surface area contributed by atoms with Gasteiger partial charge in [0.2, 0.25) is 0 Å². The molecule has 0 bridgehead atoms. The molecule has 1 fully saturated rings. The third-order valence-electron chi connectivity index (χ3n) is 4.50. The van der Waals surface area contributed by atoms with Crippen molar-refractivity contribution in [1.29, 1.82) is 0 Å². The van der Waals surface area contributed by atoms with Crippen molar-refractivity contribution >= 4 is 23.2 Å². The second-order valence-electron chi connectivity index (χ2n) is 6.55. The van der Waals surface area contributed by atoms with Crippen LogP contribution in [0.4, 0.5) is 0 Å². The van der Waals surface area contributed by atoms with E-state index in [1.54, 1.807) is 0 Å². The first kappa shape index (κ1) is 17.0. The lowest BCUT2D eigenvalue weighted by Crippen LogP contribution is -2.39. The van der Waals surface area contributed by atoms with Gasteiger partial charge in [-0.2, -0.15) is 0 Å². The Morgan fingerprint density at radius 3 is 1.95 bits per heavy atom. The minimum absolute atomic E-state index is 0.345. The molecule has 1 aliphatic rings. The van der Waals surface area contributed by atoms with Gasteiger partial charge in [-0.1, -0.05) is 44.0 Å². The topological polar surface area (TPSA) is 35.0 Å². The van der Waals surface area contributed by atoms with Gasteiger partial charge in [-0.15, -0.1) is 0 Å². The molecule has 1 aromatic heterocycles. The molecular formula is C16H24Cl2N2O. The first-order valence-corrected chi connectivity index (χ1v) is 8.45. The molecule has 3 nitrogen and oxygen atoms in total. The summed E-state index contributed by atoms with van der Waals surface area (Å²) < 4.78 is 6.09. The number of aromatic nitrogens is 2. The summed E-state index contributed by atoms with van der Waals surface area (Å²) in [5, 5.41) is 0.910. The van der Waals surface area contributed by atoms with Crippen LogP contribution in [-0.4, -0.2) is 16.6 Å². The van der Waals surface area contributed by atoms with E-state index in [1.165, 1.54) is 0 Å². The number of rotatable bonds is 4. The molecule has 0 aliphatic heterocycles. The van der Waals surface area contributed by atoms with Crippen LogP contribution in [-0.2, 0) is 16.8 Å². The van der Waals surface area contributed by atoms with Crippen molar-refractivity contribution in [3.05, 3.63) is 21.7 Å².